The van der Waals surface area contributed by atoms with Gasteiger partial charge < -0.3 is 4.74 Å². The zero-order valence-electron chi connectivity index (χ0n) is 18.9. The summed E-state index contributed by atoms with van der Waals surface area (Å²) in [6.45, 7) is 2.49. The van der Waals surface area contributed by atoms with Crippen molar-refractivity contribution in [1.29, 1.82) is 0 Å². The molecule has 0 aliphatic carbocycles. The second-order valence-corrected chi connectivity index (χ2v) is 8.23. The fraction of sp³-hybridized carbons (Fsp3) is 0.0667. The predicted octanol–water partition coefficient (Wildman–Crippen LogP) is 6.64. The third-order valence-electron chi connectivity index (χ3n) is 5.82. The summed E-state index contributed by atoms with van der Waals surface area (Å²) in [5.41, 5.74) is 6.37. The lowest BCUT2D eigenvalue weighted by atomic mass is 9.97. The average molecular weight is 445 g/mol. The fourth-order valence-corrected chi connectivity index (χ4v) is 3.96. The number of carbonyl (C=O) groups excluding carboxylic acids is 1. The molecule has 0 heterocycles. The molecule has 0 saturated heterocycles. The molecule has 0 fully saturated rings. The molecule has 0 aromatic heterocycles. The van der Waals surface area contributed by atoms with E-state index in [1.165, 1.54) is 5.56 Å². The highest BCUT2D eigenvalue weighted by atomic mass is 16.5. The molecule has 4 nitrogen and oxygen atoms in total. The molecule has 5 rings (SSSR count). The fourth-order valence-electron chi connectivity index (χ4n) is 3.96. The average Bonchev–Trinajstić information content (AvgIpc) is 2.88. The van der Waals surface area contributed by atoms with Crippen molar-refractivity contribution in [3.05, 3.63) is 125 Å². The SMILES string of the molecule is Cc1ccc(OCc2ccc(C(=O)N/N=C/c3c4ccccc4cc4ccccc34)cc2)cc1. The number of carbonyl (C=O) groups is 1. The highest BCUT2D eigenvalue weighted by molar-refractivity contribution is 6.13. The van der Waals surface area contributed by atoms with E-state index in [9.17, 15) is 4.79 Å². The minimum Gasteiger partial charge on any atom is -0.489 e. The summed E-state index contributed by atoms with van der Waals surface area (Å²) in [5.74, 6) is 0.564. The molecule has 166 valence electrons. The van der Waals surface area contributed by atoms with Crippen LogP contribution in [0.1, 0.15) is 27.0 Å². The van der Waals surface area contributed by atoms with Crippen molar-refractivity contribution >= 4 is 33.7 Å². The monoisotopic (exact) mass is 444 g/mol. The Bertz CT molecular complexity index is 1430. The van der Waals surface area contributed by atoms with Crippen LogP contribution in [0.5, 0.6) is 5.75 Å². The van der Waals surface area contributed by atoms with Gasteiger partial charge in [-0.05, 0) is 64.4 Å². The van der Waals surface area contributed by atoms with Crippen LogP contribution in [0.15, 0.2) is 108 Å². The summed E-state index contributed by atoms with van der Waals surface area (Å²) in [4.78, 5) is 12.6. The van der Waals surface area contributed by atoms with Gasteiger partial charge in [0.05, 0.1) is 6.21 Å². The summed E-state index contributed by atoms with van der Waals surface area (Å²) < 4.78 is 5.81. The molecule has 34 heavy (non-hydrogen) atoms. The van der Waals surface area contributed by atoms with Crippen LogP contribution in [0.4, 0.5) is 0 Å². The minimum atomic E-state index is -0.258. The summed E-state index contributed by atoms with van der Waals surface area (Å²) in [7, 11) is 0. The van der Waals surface area contributed by atoms with Gasteiger partial charge in [-0.2, -0.15) is 5.10 Å². The van der Waals surface area contributed by atoms with Crippen molar-refractivity contribution in [2.24, 2.45) is 5.10 Å². The number of aryl methyl sites for hydroxylation is 1. The normalized spacial score (nSPS) is 11.2. The van der Waals surface area contributed by atoms with Gasteiger partial charge >= 0.3 is 0 Å². The maximum atomic E-state index is 12.6. The van der Waals surface area contributed by atoms with E-state index in [0.29, 0.717) is 12.2 Å². The molecular formula is C30H24N2O2. The van der Waals surface area contributed by atoms with Crippen molar-refractivity contribution < 1.29 is 9.53 Å². The molecule has 0 radical (unpaired) electrons. The van der Waals surface area contributed by atoms with Crippen LogP contribution in [-0.2, 0) is 6.61 Å². The smallest absolute Gasteiger partial charge is 0.271 e. The number of hydrogen-bond acceptors (Lipinski definition) is 3. The van der Waals surface area contributed by atoms with E-state index < -0.39 is 0 Å². The molecule has 4 heteroatoms. The summed E-state index contributed by atoms with van der Waals surface area (Å²) >= 11 is 0. The summed E-state index contributed by atoms with van der Waals surface area (Å²) in [6.07, 6.45) is 1.73. The van der Waals surface area contributed by atoms with Crippen molar-refractivity contribution in [2.75, 3.05) is 0 Å². The molecule has 1 N–H and O–H groups in total. The molecule has 0 unspecified atom stereocenters. The van der Waals surface area contributed by atoms with Crippen LogP contribution in [0, 0.1) is 6.92 Å². The van der Waals surface area contributed by atoms with Gasteiger partial charge in [0.1, 0.15) is 12.4 Å². The van der Waals surface area contributed by atoms with Crippen LogP contribution in [0.2, 0.25) is 0 Å². The molecule has 5 aromatic carbocycles. The first-order valence-electron chi connectivity index (χ1n) is 11.2. The summed E-state index contributed by atoms with van der Waals surface area (Å²) in [5, 5.41) is 8.74. The number of nitrogens with zero attached hydrogens (tertiary/aromatic N) is 1. The Morgan fingerprint density at radius 1 is 0.824 bits per heavy atom. The van der Waals surface area contributed by atoms with E-state index >= 15 is 0 Å². The van der Waals surface area contributed by atoms with E-state index in [-0.39, 0.29) is 5.91 Å². The predicted molar refractivity (Wildman–Crippen MR) is 138 cm³/mol. The van der Waals surface area contributed by atoms with Gasteiger partial charge in [0, 0.05) is 11.1 Å². The lowest BCUT2D eigenvalue weighted by molar-refractivity contribution is 0.0955. The Morgan fingerprint density at radius 2 is 1.44 bits per heavy atom. The third kappa shape index (κ3) is 4.66. The van der Waals surface area contributed by atoms with Crippen molar-refractivity contribution in [1.82, 2.24) is 5.43 Å². The Morgan fingerprint density at radius 3 is 2.09 bits per heavy atom. The molecule has 0 saturated carbocycles. The number of nitrogens with one attached hydrogen (secondary N) is 1. The number of benzene rings is 5. The Hall–Kier alpha value is -4.44. The van der Waals surface area contributed by atoms with Crippen LogP contribution < -0.4 is 10.2 Å². The first-order chi connectivity index (χ1) is 16.7. The standard InChI is InChI=1S/C30H24N2O2/c1-21-10-16-26(17-11-21)34-20-22-12-14-23(15-13-22)30(33)32-31-19-29-27-8-4-2-6-24(27)18-25-7-3-5-9-28(25)29/h2-19H,20H2,1H3,(H,32,33)/b31-19+. The Labute approximate surface area is 198 Å². The first kappa shape index (κ1) is 21.4. The highest BCUT2D eigenvalue weighted by Crippen LogP contribution is 2.27. The Balaban J connectivity index is 1.28. The van der Waals surface area contributed by atoms with Crippen LogP contribution >= 0.6 is 0 Å². The molecule has 0 aliphatic rings. The van der Waals surface area contributed by atoms with E-state index in [1.54, 1.807) is 18.3 Å². The molecule has 5 aromatic rings. The lowest BCUT2D eigenvalue weighted by Crippen LogP contribution is -2.17. The second-order valence-electron chi connectivity index (χ2n) is 8.23. The van der Waals surface area contributed by atoms with Gasteiger partial charge in [0.15, 0.2) is 0 Å². The Kier molecular flexibility index (Phi) is 6.04. The van der Waals surface area contributed by atoms with Crippen LogP contribution in [-0.4, -0.2) is 12.1 Å². The number of hydrogen-bond donors (Lipinski definition) is 1. The summed E-state index contributed by atoms with van der Waals surface area (Å²) in [6, 6.07) is 33.9. The number of amides is 1. The number of rotatable bonds is 6. The minimum absolute atomic E-state index is 0.258. The van der Waals surface area contributed by atoms with Crippen molar-refractivity contribution in [3.63, 3.8) is 0 Å². The van der Waals surface area contributed by atoms with Crippen molar-refractivity contribution in [2.45, 2.75) is 13.5 Å². The molecule has 1 amide bonds. The zero-order valence-corrected chi connectivity index (χ0v) is 18.9. The molecule has 0 bridgehead atoms. The highest BCUT2D eigenvalue weighted by Gasteiger charge is 2.07. The first-order valence-corrected chi connectivity index (χ1v) is 11.2. The maximum Gasteiger partial charge on any atom is 0.271 e. The molecule has 0 atom stereocenters. The number of ether oxygens (including phenoxy) is 1. The topological polar surface area (TPSA) is 50.7 Å². The van der Waals surface area contributed by atoms with Crippen LogP contribution in [0.25, 0.3) is 21.5 Å². The van der Waals surface area contributed by atoms with Gasteiger partial charge in [-0.25, -0.2) is 5.43 Å². The molecular weight excluding hydrogens is 420 g/mol. The third-order valence-corrected chi connectivity index (χ3v) is 5.82. The van der Waals surface area contributed by atoms with E-state index in [4.69, 9.17) is 4.74 Å². The van der Waals surface area contributed by atoms with Gasteiger partial charge in [0.2, 0.25) is 0 Å². The quantitative estimate of drug-likeness (QED) is 0.181. The van der Waals surface area contributed by atoms with Crippen molar-refractivity contribution in [3.8, 4) is 5.75 Å². The number of hydrazone groups is 1. The van der Waals surface area contributed by atoms with E-state index in [1.807, 2.05) is 67.6 Å². The van der Waals surface area contributed by atoms with Gasteiger partial charge in [0.25, 0.3) is 5.91 Å². The zero-order chi connectivity index (χ0) is 23.3. The van der Waals surface area contributed by atoms with Crippen LogP contribution in [0.3, 0.4) is 0 Å². The maximum absolute atomic E-state index is 12.6. The van der Waals surface area contributed by atoms with E-state index in [2.05, 4.69) is 40.9 Å². The lowest BCUT2D eigenvalue weighted by Gasteiger charge is -2.08. The van der Waals surface area contributed by atoms with Gasteiger partial charge in [-0.3, -0.25) is 4.79 Å². The van der Waals surface area contributed by atoms with Gasteiger partial charge in [-0.1, -0.05) is 78.4 Å². The molecule has 0 spiro atoms. The molecule has 0 aliphatic heterocycles. The largest absolute Gasteiger partial charge is 0.489 e. The second kappa shape index (κ2) is 9.59. The van der Waals surface area contributed by atoms with Gasteiger partial charge in [-0.15, -0.1) is 0 Å². The number of fused-ring (bicyclic) bond motifs is 2. The van der Waals surface area contributed by atoms with E-state index in [0.717, 1.165) is 38.4 Å².